The maximum absolute atomic E-state index is 4.19. The molecule has 68 valence electrons. The predicted molar refractivity (Wildman–Crippen MR) is 57.2 cm³/mol. The molecule has 1 aromatic heterocycles. The fourth-order valence-electron chi connectivity index (χ4n) is 1.18. The van der Waals surface area contributed by atoms with Crippen LogP contribution >= 0.6 is 0 Å². The van der Waals surface area contributed by atoms with Gasteiger partial charge in [-0.05, 0) is 6.07 Å². The molecule has 0 N–H and O–H groups in total. The summed E-state index contributed by atoms with van der Waals surface area (Å²) in [7, 11) is 0. The average Bonchev–Trinajstić information content (AvgIpc) is 2.25. The molecule has 0 aliphatic rings. The summed E-state index contributed by atoms with van der Waals surface area (Å²) in [6.07, 6.45) is 3.37. The third-order valence-corrected chi connectivity index (χ3v) is 1.86. The molecule has 0 bridgehead atoms. The first-order chi connectivity index (χ1) is 6.97. The normalized spacial score (nSPS) is 9.43. The van der Waals surface area contributed by atoms with Crippen LogP contribution in [0.5, 0.6) is 0 Å². The maximum Gasteiger partial charge on any atom is 0.116 e. The summed E-state index contributed by atoms with van der Waals surface area (Å²) in [5, 5.41) is 1.03. The van der Waals surface area contributed by atoms with E-state index in [1.807, 2.05) is 54.7 Å². The van der Waals surface area contributed by atoms with Crippen molar-refractivity contribution in [3.63, 3.8) is 0 Å². The number of rotatable bonds is 0. The topological polar surface area (TPSA) is 25.8 Å². The van der Waals surface area contributed by atoms with E-state index in [4.69, 9.17) is 0 Å². The lowest BCUT2D eigenvalue weighted by Gasteiger charge is -1.88. The van der Waals surface area contributed by atoms with E-state index < -0.39 is 0 Å². The largest absolute Gasteiger partial charge is 0.244 e. The van der Waals surface area contributed by atoms with Gasteiger partial charge in [-0.1, -0.05) is 42.5 Å². The monoisotopic (exact) mass is 182 g/mol. The molecule has 0 saturated carbocycles. The van der Waals surface area contributed by atoms with Crippen molar-refractivity contribution in [1.82, 2.24) is 9.97 Å². The summed E-state index contributed by atoms with van der Waals surface area (Å²) in [4.78, 5) is 8.17. The molecule has 2 rings (SSSR count). The number of aromatic nitrogens is 2. The third-order valence-electron chi connectivity index (χ3n) is 1.86. The Kier molecular flexibility index (Phi) is 2.67. The summed E-state index contributed by atoms with van der Waals surface area (Å²) < 4.78 is 0. The van der Waals surface area contributed by atoms with Crippen LogP contribution in [0.4, 0.5) is 0 Å². The number of hydrogen-bond donors (Lipinski definition) is 0. The highest BCUT2D eigenvalue weighted by molar-refractivity contribution is 5.75. The fraction of sp³-hybridized carbons (Fsp3) is 0. The van der Waals surface area contributed by atoms with E-state index in [9.17, 15) is 0 Å². The van der Waals surface area contributed by atoms with Crippen molar-refractivity contribution in [2.24, 2.45) is 0 Å². The Morgan fingerprint density at radius 2 is 1.50 bits per heavy atom. The molecule has 0 spiro atoms. The Morgan fingerprint density at radius 1 is 0.786 bits per heavy atom. The minimum Gasteiger partial charge on any atom is -0.244 e. The van der Waals surface area contributed by atoms with Crippen LogP contribution in [0.25, 0.3) is 10.9 Å². The molecule has 0 radical (unpaired) electrons. The zero-order chi connectivity index (χ0) is 9.64. The molecule has 14 heavy (non-hydrogen) atoms. The van der Waals surface area contributed by atoms with E-state index >= 15 is 0 Å². The van der Waals surface area contributed by atoms with Gasteiger partial charge >= 0.3 is 0 Å². The summed E-state index contributed by atoms with van der Waals surface area (Å²) in [5.41, 5.74) is 0.941. The van der Waals surface area contributed by atoms with Crippen LogP contribution in [0.3, 0.4) is 0 Å². The summed E-state index contributed by atoms with van der Waals surface area (Å²) in [6, 6.07) is 15.8. The molecular weight excluding hydrogens is 172 g/mol. The Balaban J connectivity index is 2.76. The van der Waals surface area contributed by atoms with E-state index in [0.29, 0.717) is 0 Å². The van der Waals surface area contributed by atoms with E-state index in [1.54, 1.807) is 6.33 Å². The standard InChI is InChI=1S/C12H10N2/c1-2-4-6-8-12-11(7-5-3-1)9-13-10-14-12/h1-10H. The second-order valence-electron chi connectivity index (χ2n) is 2.85. The molecule has 0 saturated heterocycles. The second kappa shape index (κ2) is 4.33. The van der Waals surface area contributed by atoms with Crippen molar-refractivity contribution >= 4 is 10.9 Å². The van der Waals surface area contributed by atoms with Crippen molar-refractivity contribution in [3.05, 3.63) is 61.1 Å². The predicted octanol–water partition coefficient (Wildman–Crippen LogP) is 2.75. The number of hydrogen-bond acceptors (Lipinski definition) is 2. The van der Waals surface area contributed by atoms with Crippen LogP contribution in [-0.2, 0) is 0 Å². The van der Waals surface area contributed by atoms with Gasteiger partial charge in [-0.2, -0.15) is 0 Å². The molecule has 0 unspecified atom stereocenters. The molecule has 2 heteroatoms. The van der Waals surface area contributed by atoms with E-state index in [0.717, 1.165) is 10.9 Å². The number of fused-ring (bicyclic) bond motifs is 1. The Labute approximate surface area is 82.6 Å². The Bertz CT molecular complexity index is 433. The van der Waals surface area contributed by atoms with Crippen LogP contribution < -0.4 is 0 Å². The van der Waals surface area contributed by atoms with Crippen LogP contribution in [-0.4, -0.2) is 9.97 Å². The minimum atomic E-state index is 0.941. The first-order valence-electron chi connectivity index (χ1n) is 4.45. The smallest absolute Gasteiger partial charge is 0.116 e. The van der Waals surface area contributed by atoms with Gasteiger partial charge in [0, 0.05) is 11.6 Å². The zero-order valence-corrected chi connectivity index (χ0v) is 7.67. The molecule has 2 aromatic rings. The van der Waals surface area contributed by atoms with E-state index in [2.05, 4.69) is 9.97 Å². The van der Waals surface area contributed by atoms with Gasteiger partial charge in [-0.15, -0.1) is 0 Å². The summed E-state index contributed by atoms with van der Waals surface area (Å²) >= 11 is 0. The lowest BCUT2D eigenvalue weighted by Crippen LogP contribution is -1.76. The van der Waals surface area contributed by atoms with Gasteiger partial charge in [0.25, 0.3) is 0 Å². The van der Waals surface area contributed by atoms with E-state index in [1.165, 1.54) is 0 Å². The first kappa shape index (κ1) is 8.63. The van der Waals surface area contributed by atoms with Crippen molar-refractivity contribution in [3.8, 4) is 0 Å². The Hall–Kier alpha value is -1.96. The zero-order valence-electron chi connectivity index (χ0n) is 7.67. The molecule has 0 fully saturated rings. The quantitative estimate of drug-likeness (QED) is 0.626. The molecular formula is C12H10N2. The molecule has 2 nitrogen and oxygen atoms in total. The van der Waals surface area contributed by atoms with Gasteiger partial charge < -0.3 is 0 Å². The van der Waals surface area contributed by atoms with Crippen molar-refractivity contribution in [1.29, 1.82) is 0 Å². The van der Waals surface area contributed by atoms with Crippen molar-refractivity contribution in [2.45, 2.75) is 0 Å². The van der Waals surface area contributed by atoms with Gasteiger partial charge in [0.2, 0.25) is 0 Å². The summed E-state index contributed by atoms with van der Waals surface area (Å²) in [6.45, 7) is 0. The van der Waals surface area contributed by atoms with E-state index in [-0.39, 0.29) is 0 Å². The minimum absolute atomic E-state index is 0.941. The first-order valence-corrected chi connectivity index (χ1v) is 4.45. The van der Waals surface area contributed by atoms with Crippen LogP contribution in [0, 0.1) is 0 Å². The van der Waals surface area contributed by atoms with Crippen molar-refractivity contribution in [2.75, 3.05) is 0 Å². The van der Waals surface area contributed by atoms with Gasteiger partial charge in [0.15, 0.2) is 0 Å². The molecule has 0 atom stereocenters. The van der Waals surface area contributed by atoms with Crippen LogP contribution in [0.2, 0.25) is 0 Å². The van der Waals surface area contributed by atoms with Crippen LogP contribution in [0.1, 0.15) is 0 Å². The molecule has 0 aliphatic carbocycles. The molecule has 1 aromatic carbocycles. The molecule has 1 heterocycles. The lowest BCUT2D eigenvalue weighted by molar-refractivity contribution is 1.22. The average molecular weight is 182 g/mol. The highest BCUT2D eigenvalue weighted by atomic mass is 14.8. The fourth-order valence-corrected chi connectivity index (χ4v) is 1.18. The maximum atomic E-state index is 4.19. The Morgan fingerprint density at radius 3 is 2.36 bits per heavy atom. The lowest BCUT2D eigenvalue weighted by atomic mass is 10.3. The second-order valence-corrected chi connectivity index (χ2v) is 2.85. The van der Waals surface area contributed by atoms with Gasteiger partial charge in [0.1, 0.15) is 6.33 Å². The molecule has 0 amide bonds. The number of nitrogens with zero attached hydrogens (tertiary/aromatic N) is 2. The highest BCUT2D eigenvalue weighted by Gasteiger charge is 1.85. The van der Waals surface area contributed by atoms with Gasteiger partial charge in [-0.3, -0.25) is 0 Å². The summed E-state index contributed by atoms with van der Waals surface area (Å²) in [5.74, 6) is 0. The van der Waals surface area contributed by atoms with Gasteiger partial charge in [-0.25, -0.2) is 9.97 Å². The third kappa shape index (κ3) is 2.04. The SMILES string of the molecule is c1ccccc2ncncc2ccc1. The highest BCUT2D eigenvalue weighted by Crippen LogP contribution is 2.03. The molecule has 0 aliphatic heterocycles. The van der Waals surface area contributed by atoms with Gasteiger partial charge in [0.05, 0.1) is 5.52 Å². The van der Waals surface area contributed by atoms with Crippen LogP contribution in [0.15, 0.2) is 61.1 Å². The van der Waals surface area contributed by atoms with Crippen molar-refractivity contribution < 1.29 is 0 Å².